The molecule has 0 bridgehead atoms. The fraction of sp³-hybridized carbons (Fsp3) is 0. The van der Waals surface area contributed by atoms with Crippen molar-refractivity contribution in [2.75, 3.05) is 10.0 Å². The summed E-state index contributed by atoms with van der Waals surface area (Å²) in [6, 6.07) is 14.2. The summed E-state index contributed by atoms with van der Waals surface area (Å²) in [5.41, 5.74) is 0.0734. The summed E-state index contributed by atoms with van der Waals surface area (Å²) in [5, 5.41) is 2.33. The highest BCUT2D eigenvalue weighted by Crippen LogP contribution is 2.22. The lowest BCUT2D eigenvalue weighted by Crippen LogP contribution is -2.16. The summed E-state index contributed by atoms with van der Waals surface area (Å²) in [7, 11) is -4.12. The van der Waals surface area contributed by atoms with Crippen molar-refractivity contribution in [3.8, 4) is 0 Å². The molecule has 0 aliphatic rings. The van der Waals surface area contributed by atoms with E-state index in [1.807, 2.05) is 0 Å². The number of rotatable bonds is 5. The zero-order valence-electron chi connectivity index (χ0n) is 14.1. The van der Waals surface area contributed by atoms with Crippen LogP contribution in [0.1, 0.15) is 10.4 Å². The maximum absolute atomic E-state index is 13.7. The van der Waals surface area contributed by atoms with E-state index in [4.69, 9.17) is 11.6 Å². The Labute approximate surface area is 165 Å². The lowest BCUT2D eigenvalue weighted by Gasteiger charge is -2.10. The van der Waals surface area contributed by atoms with Crippen molar-refractivity contribution < 1.29 is 22.0 Å². The highest BCUT2D eigenvalue weighted by molar-refractivity contribution is 7.92. The van der Waals surface area contributed by atoms with Crippen LogP contribution in [-0.2, 0) is 10.0 Å². The number of hydrogen-bond acceptors (Lipinski definition) is 3. The lowest BCUT2D eigenvalue weighted by atomic mass is 10.2. The van der Waals surface area contributed by atoms with Gasteiger partial charge in [0.25, 0.3) is 15.9 Å². The molecule has 0 fully saturated rings. The second-order valence-electron chi connectivity index (χ2n) is 5.70. The summed E-state index contributed by atoms with van der Waals surface area (Å²) >= 11 is 5.67. The van der Waals surface area contributed by atoms with Crippen LogP contribution < -0.4 is 10.0 Å². The molecule has 0 aliphatic carbocycles. The van der Waals surface area contributed by atoms with Gasteiger partial charge in [0.15, 0.2) is 0 Å². The number of para-hydroxylation sites is 1. The van der Waals surface area contributed by atoms with Crippen LogP contribution in [0.4, 0.5) is 20.2 Å². The summed E-state index contributed by atoms with van der Waals surface area (Å²) in [6.07, 6.45) is 0. The van der Waals surface area contributed by atoms with Crippen molar-refractivity contribution in [3.63, 3.8) is 0 Å². The van der Waals surface area contributed by atoms with Crippen molar-refractivity contribution in [2.45, 2.75) is 4.90 Å². The molecule has 3 aromatic carbocycles. The molecule has 0 saturated carbocycles. The molecule has 5 nitrogen and oxygen atoms in total. The second-order valence-corrected chi connectivity index (χ2v) is 7.79. The van der Waals surface area contributed by atoms with Crippen LogP contribution in [0.3, 0.4) is 0 Å². The van der Waals surface area contributed by atoms with Gasteiger partial charge in [-0.2, -0.15) is 0 Å². The van der Waals surface area contributed by atoms with E-state index in [1.165, 1.54) is 48.5 Å². The van der Waals surface area contributed by atoms with Gasteiger partial charge >= 0.3 is 0 Å². The van der Waals surface area contributed by atoms with Crippen LogP contribution in [-0.4, -0.2) is 14.3 Å². The first-order chi connectivity index (χ1) is 13.3. The molecule has 3 aromatic rings. The van der Waals surface area contributed by atoms with Crippen LogP contribution in [0.5, 0.6) is 0 Å². The summed E-state index contributed by atoms with van der Waals surface area (Å²) in [6.45, 7) is 0. The van der Waals surface area contributed by atoms with Gasteiger partial charge in [0.1, 0.15) is 11.6 Å². The minimum absolute atomic E-state index is 0.0388. The van der Waals surface area contributed by atoms with Gasteiger partial charge in [0.05, 0.1) is 15.6 Å². The third-order valence-corrected chi connectivity index (χ3v) is 5.35. The molecule has 28 heavy (non-hydrogen) atoms. The zero-order valence-corrected chi connectivity index (χ0v) is 15.7. The van der Waals surface area contributed by atoms with Gasteiger partial charge in [-0.25, -0.2) is 17.2 Å². The van der Waals surface area contributed by atoms with Gasteiger partial charge in [0.2, 0.25) is 0 Å². The first-order valence-electron chi connectivity index (χ1n) is 7.90. The molecular formula is C19H13ClF2N2O3S. The minimum Gasteiger partial charge on any atom is -0.322 e. The summed E-state index contributed by atoms with van der Waals surface area (Å²) in [4.78, 5) is 12.2. The molecule has 3 rings (SSSR count). The Morgan fingerprint density at radius 2 is 1.64 bits per heavy atom. The number of hydrogen-bond donors (Lipinski definition) is 2. The molecule has 1 amide bonds. The molecule has 0 unspecified atom stereocenters. The number of carbonyl (C=O) groups is 1. The van der Waals surface area contributed by atoms with Gasteiger partial charge < -0.3 is 5.32 Å². The van der Waals surface area contributed by atoms with E-state index in [1.54, 1.807) is 0 Å². The standard InChI is InChI=1S/C19H13ClF2N2O3S/c20-15-11-13(8-9-16(15)21)23-19(25)12-4-3-5-14(10-12)28(26,27)24-18-7-2-1-6-17(18)22/h1-11,24H,(H,23,25). The third-order valence-electron chi connectivity index (χ3n) is 3.70. The number of halogens is 3. The molecule has 144 valence electrons. The van der Waals surface area contributed by atoms with Crippen LogP contribution in [0.2, 0.25) is 5.02 Å². The average Bonchev–Trinajstić information content (AvgIpc) is 2.66. The van der Waals surface area contributed by atoms with E-state index in [0.29, 0.717) is 0 Å². The molecule has 0 spiro atoms. The van der Waals surface area contributed by atoms with Crippen molar-refractivity contribution in [1.29, 1.82) is 0 Å². The molecule has 2 N–H and O–H groups in total. The number of benzene rings is 3. The number of carbonyl (C=O) groups excluding carboxylic acids is 1. The average molecular weight is 423 g/mol. The molecule has 0 atom stereocenters. The predicted octanol–water partition coefficient (Wildman–Crippen LogP) is 4.67. The highest BCUT2D eigenvalue weighted by atomic mass is 35.5. The Morgan fingerprint density at radius 1 is 0.893 bits per heavy atom. The Morgan fingerprint density at radius 3 is 2.36 bits per heavy atom. The van der Waals surface area contributed by atoms with Crippen LogP contribution >= 0.6 is 11.6 Å². The molecule has 0 aromatic heterocycles. The van der Waals surface area contributed by atoms with E-state index in [-0.39, 0.29) is 26.9 Å². The van der Waals surface area contributed by atoms with E-state index < -0.39 is 27.6 Å². The van der Waals surface area contributed by atoms with Gasteiger partial charge in [-0.05, 0) is 48.5 Å². The monoisotopic (exact) mass is 422 g/mol. The first kappa shape index (κ1) is 19.8. The van der Waals surface area contributed by atoms with Crippen LogP contribution in [0.15, 0.2) is 71.6 Å². The fourth-order valence-corrected chi connectivity index (χ4v) is 3.62. The Hall–Kier alpha value is -2.97. The van der Waals surface area contributed by atoms with Crippen molar-refractivity contribution in [2.24, 2.45) is 0 Å². The maximum Gasteiger partial charge on any atom is 0.262 e. The Balaban J connectivity index is 1.83. The van der Waals surface area contributed by atoms with Crippen molar-refractivity contribution in [3.05, 3.63) is 89.0 Å². The van der Waals surface area contributed by atoms with E-state index in [9.17, 15) is 22.0 Å². The molecule has 0 aliphatic heterocycles. The van der Waals surface area contributed by atoms with Crippen molar-refractivity contribution >= 4 is 38.9 Å². The van der Waals surface area contributed by atoms with Crippen LogP contribution in [0, 0.1) is 11.6 Å². The number of sulfonamides is 1. The largest absolute Gasteiger partial charge is 0.322 e. The second kappa shape index (κ2) is 7.95. The molecule has 9 heteroatoms. The van der Waals surface area contributed by atoms with Gasteiger partial charge in [-0.3, -0.25) is 9.52 Å². The Bertz CT molecular complexity index is 1150. The van der Waals surface area contributed by atoms with E-state index >= 15 is 0 Å². The third kappa shape index (κ3) is 4.47. The van der Waals surface area contributed by atoms with E-state index in [2.05, 4.69) is 10.0 Å². The molecule has 0 saturated heterocycles. The molecule has 0 heterocycles. The normalized spacial score (nSPS) is 11.1. The quantitative estimate of drug-likeness (QED) is 0.627. The number of nitrogens with one attached hydrogen (secondary N) is 2. The minimum atomic E-state index is -4.12. The summed E-state index contributed by atoms with van der Waals surface area (Å²) < 4.78 is 54.1. The highest BCUT2D eigenvalue weighted by Gasteiger charge is 2.18. The van der Waals surface area contributed by atoms with Gasteiger partial charge in [-0.1, -0.05) is 29.8 Å². The topological polar surface area (TPSA) is 75.3 Å². The first-order valence-corrected chi connectivity index (χ1v) is 9.76. The number of amides is 1. The number of anilines is 2. The van der Waals surface area contributed by atoms with E-state index in [0.717, 1.165) is 18.2 Å². The zero-order chi connectivity index (χ0) is 20.3. The molecule has 0 radical (unpaired) electrons. The SMILES string of the molecule is O=C(Nc1ccc(F)c(Cl)c1)c1cccc(S(=O)(=O)Nc2ccccc2F)c1. The summed E-state index contributed by atoms with van der Waals surface area (Å²) in [5.74, 6) is -1.98. The Kier molecular flexibility index (Phi) is 5.62. The van der Waals surface area contributed by atoms with Crippen LogP contribution in [0.25, 0.3) is 0 Å². The van der Waals surface area contributed by atoms with Gasteiger partial charge in [-0.15, -0.1) is 0 Å². The molecular weight excluding hydrogens is 410 g/mol. The van der Waals surface area contributed by atoms with Crippen molar-refractivity contribution in [1.82, 2.24) is 0 Å². The predicted molar refractivity (Wildman–Crippen MR) is 103 cm³/mol. The fourth-order valence-electron chi connectivity index (χ4n) is 2.33. The maximum atomic E-state index is 13.7. The lowest BCUT2D eigenvalue weighted by molar-refractivity contribution is 0.102. The smallest absolute Gasteiger partial charge is 0.262 e. The van der Waals surface area contributed by atoms with Gasteiger partial charge in [0, 0.05) is 11.3 Å².